The summed E-state index contributed by atoms with van der Waals surface area (Å²) in [4.78, 5) is 11.2. The molecule has 2 rings (SSSR count). The predicted octanol–water partition coefficient (Wildman–Crippen LogP) is 0.566. The third kappa shape index (κ3) is 0.959. The molecular weight excluding hydrogens is 156 g/mol. The van der Waals surface area contributed by atoms with Crippen LogP contribution in [-0.4, -0.2) is 24.3 Å². The van der Waals surface area contributed by atoms with Crippen molar-refractivity contribution in [1.29, 1.82) is 0 Å². The quantitative estimate of drug-likeness (QED) is 0.585. The van der Waals surface area contributed by atoms with Crippen LogP contribution in [-0.2, 0) is 9.53 Å². The van der Waals surface area contributed by atoms with Gasteiger partial charge < -0.3 is 9.84 Å². The molecule has 0 heterocycles. The zero-order chi connectivity index (χ0) is 8.72. The van der Waals surface area contributed by atoms with Crippen molar-refractivity contribution in [1.82, 2.24) is 0 Å². The highest BCUT2D eigenvalue weighted by Crippen LogP contribution is 2.48. The third-order valence-electron chi connectivity index (χ3n) is 3.37. The van der Waals surface area contributed by atoms with Crippen LogP contribution >= 0.6 is 0 Å². The first-order valence-electron chi connectivity index (χ1n) is 4.50. The summed E-state index contributed by atoms with van der Waals surface area (Å²) in [6.45, 7) is 0. The van der Waals surface area contributed by atoms with E-state index in [9.17, 15) is 9.90 Å². The highest BCUT2D eigenvalue weighted by Gasteiger charge is 2.50. The first-order valence-corrected chi connectivity index (χ1v) is 4.50. The molecule has 12 heavy (non-hydrogen) atoms. The molecule has 68 valence electrons. The summed E-state index contributed by atoms with van der Waals surface area (Å²) in [7, 11) is 1.42. The lowest BCUT2D eigenvalue weighted by molar-refractivity contribution is -0.147. The number of aliphatic hydroxyl groups excluding tert-OH is 1. The van der Waals surface area contributed by atoms with E-state index in [0.29, 0.717) is 5.92 Å². The molecule has 0 aromatic heterocycles. The molecule has 2 aliphatic rings. The third-order valence-corrected chi connectivity index (χ3v) is 3.37. The van der Waals surface area contributed by atoms with Gasteiger partial charge in [-0.1, -0.05) is 0 Å². The molecule has 0 amide bonds. The van der Waals surface area contributed by atoms with Crippen molar-refractivity contribution in [2.45, 2.75) is 25.4 Å². The lowest BCUT2D eigenvalue weighted by Gasteiger charge is -2.18. The second-order valence-electron chi connectivity index (χ2n) is 3.86. The van der Waals surface area contributed by atoms with Crippen LogP contribution in [0.25, 0.3) is 0 Å². The van der Waals surface area contributed by atoms with E-state index in [1.54, 1.807) is 0 Å². The molecule has 0 radical (unpaired) electrons. The zero-order valence-corrected chi connectivity index (χ0v) is 7.19. The average Bonchev–Trinajstić information content (AvgIpc) is 2.60. The van der Waals surface area contributed by atoms with Gasteiger partial charge >= 0.3 is 5.97 Å². The maximum absolute atomic E-state index is 11.2. The largest absolute Gasteiger partial charge is 0.469 e. The minimum Gasteiger partial charge on any atom is -0.469 e. The minimum absolute atomic E-state index is 0.0243. The number of ether oxygens (including phenoxy) is 1. The summed E-state index contributed by atoms with van der Waals surface area (Å²) < 4.78 is 4.69. The van der Waals surface area contributed by atoms with Gasteiger partial charge in [-0.3, -0.25) is 4.79 Å². The van der Waals surface area contributed by atoms with Crippen molar-refractivity contribution in [2.75, 3.05) is 7.11 Å². The number of carbonyl (C=O) groups is 1. The van der Waals surface area contributed by atoms with Crippen molar-refractivity contribution in [3.05, 3.63) is 0 Å². The van der Waals surface area contributed by atoms with Crippen LogP contribution in [0.15, 0.2) is 0 Å². The van der Waals surface area contributed by atoms with Crippen molar-refractivity contribution in [3.63, 3.8) is 0 Å². The maximum atomic E-state index is 11.2. The van der Waals surface area contributed by atoms with Crippen molar-refractivity contribution in [3.8, 4) is 0 Å². The number of aliphatic hydroxyl groups is 1. The van der Waals surface area contributed by atoms with Crippen LogP contribution in [0.3, 0.4) is 0 Å². The lowest BCUT2D eigenvalue weighted by Crippen LogP contribution is -2.24. The number of hydrogen-bond donors (Lipinski definition) is 1. The van der Waals surface area contributed by atoms with Crippen molar-refractivity contribution in [2.24, 2.45) is 17.8 Å². The smallest absolute Gasteiger partial charge is 0.309 e. The Hall–Kier alpha value is -0.570. The Morgan fingerprint density at radius 3 is 2.67 bits per heavy atom. The van der Waals surface area contributed by atoms with Crippen LogP contribution in [0, 0.1) is 17.8 Å². The Kier molecular flexibility index (Phi) is 1.83. The topological polar surface area (TPSA) is 46.5 Å². The van der Waals surface area contributed by atoms with Gasteiger partial charge in [0.1, 0.15) is 0 Å². The highest BCUT2D eigenvalue weighted by atomic mass is 16.5. The van der Waals surface area contributed by atoms with Gasteiger partial charge in [0.2, 0.25) is 0 Å². The second-order valence-corrected chi connectivity index (χ2v) is 3.86. The molecular formula is C9H14O3. The number of carbonyl (C=O) groups excluding carboxylic acids is 1. The number of rotatable bonds is 1. The summed E-state index contributed by atoms with van der Waals surface area (Å²) in [5.74, 6) is 0.381. The van der Waals surface area contributed by atoms with Crippen molar-refractivity contribution < 1.29 is 14.6 Å². The van der Waals surface area contributed by atoms with Crippen LogP contribution in [0.1, 0.15) is 19.3 Å². The monoisotopic (exact) mass is 170 g/mol. The minimum atomic E-state index is -0.242. The Morgan fingerprint density at radius 2 is 2.25 bits per heavy atom. The molecule has 0 unspecified atom stereocenters. The second kappa shape index (κ2) is 2.73. The molecule has 3 nitrogen and oxygen atoms in total. The van der Waals surface area contributed by atoms with Crippen LogP contribution in [0.4, 0.5) is 0 Å². The molecule has 2 fully saturated rings. The number of fused-ring (bicyclic) bond motifs is 2. The molecule has 0 aliphatic heterocycles. The Morgan fingerprint density at radius 1 is 1.50 bits per heavy atom. The van der Waals surface area contributed by atoms with E-state index in [0.717, 1.165) is 19.3 Å². The first kappa shape index (κ1) is 8.05. The predicted molar refractivity (Wildman–Crippen MR) is 42.3 cm³/mol. The summed E-state index contributed by atoms with van der Waals surface area (Å²) in [6.07, 6.45) is 2.66. The fourth-order valence-corrected chi connectivity index (χ4v) is 2.72. The Bertz CT molecular complexity index is 202. The number of esters is 1. The van der Waals surface area contributed by atoms with E-state index < -0.39 is 0 Å². The highest BCUT2D eigenvalue weighted by molar-refractivity contribution is 5.73. The van der Waals surface area contributed by atoms with Crippen LogP contribution < -0.4 is 0 Å². The van der Waals surface area contributed by atoms with Gasteiger partial charge in [-0.2, -0.15) is 0 Å². The van der Waals surface area contributed by atoms with E-state index in [1.165, 1.54) is 7.11 Å². The SMILES string of the molecule is COC(=O)[C@@H]1C[C@H]2CC[C@@H]1[C@H]2O. The van der Waals surface area contributed by atoms with Crippen molar-refractivity contribution >= 4 is 5.97 Å². The fourth-order valence-electron chi connectivity index (χ4n) is 2.72. The van der Waals surface area contributed by atoms with E-state index in [2.05, 4.69) is 4.74 Å². The average molecular weight is 170 g/mol. The molecule has 1 N–H and O–H groups in total. The number of hydrogen-bond acceptors (Lipinski definition) is 3. The summed E-state index contributed by atoms with van der Waals surface area (Å²) in [6, 6.07) is 0. The zero-order valence-electron chi connectivity index (χ0n) is 7.19. The van der Waals surface area contributed by atoms with Crippen LogP contribution in [0.2, 0.25) is 0 Å². The van der Waals surface area contributed by atoms with Gasteiger partial charge in [-0.05, 0) is 31.1 Å². The van der Waals surface area contributed by atoms with E-state index in [4.69, 9.17) is 0 Å². The molecule has 0 saturated heterocycles. The lowest BCUT2D eigenvalue weighted by atomic mass is 9.89. The first-order chi connectivity index (χ1) is 5.74. The van der Waals surface area contributed by atoms with Gasteiger partial charge in [0.25, 0.3) is 0 Å². The molecule has 2 bridgehead atoms. The summed E-state index contributed by atoms with van der Waals surface area (Å²) in [5, 5.41) is 9.64. The molecule has 2 saturated carbocycles. The summed E-state index contributed by atoms with van der Waals surface area (Å²) in [5.41, 5.74) is 0. The molecule has 3 heteroatoms. The molecule has 2 aliphatic carbocycles. The van der Waals surface area contributed by atoms with Gasteiger partial charge in [0.05, 0.1) is 19.1 Å². The standard InChI is InChI=1S/C9H14O3/c1-12-9(11)7-4-5-2-3-6(7)8(5)10/h5-8,10H,2-4H2,1H3/t5-,6+,7-,8+/m1/s1. The van der Waals surface area contributed by atoms with Gasteiger partial charge in [-0.25, -0.2) is 0 Å². The molecule has 4 atom stereocenters. The maximum Gasteiger partial charge on any atom is 0.309 e. The summed E-state index contributed by atoms with van der Waals surface area (Å²) >= 11 is 0. The Balaban J connectivity index is 2.08. The van der Waals surface area contributed by atoms with E-state index >= 15 is 0 Å². The van der Waals surface area contributed by atoms with Gasteiger partial charge in [-0.15, -0.1) is 0 Å². The van der Waals surface area contributed by atoms with E-state index in [1.807, 2.05) is 0 Å². The Labute approximate surface area is 71.7 Å². The van der Waals surface area contributed by atoms with Gasteiger partial charge in [0.15, 0.2) is 0 Å². The molecule has 0 spiro atoms. The van der Waals surface area contributed by atoms with Crippen LogP contribution in [0.5, 0.6) is 0 Å². The number of methoxy groups -OCH3 is 1. The van der Waals surface area contributed by atoms with Gasteiger partial charge in [0, 0.05) is 0 Å². The molecule has 0 aromatic rings. The fraction of sp³-hybridized carbons (Fsp3) is 0.889. The molecule has 0 aromatic carbocycles. The normalized spacial score (nSPS) is 44.8. The van der Waals surface area contributed by atoms with E-state index in [-0.39, 0.29) is 23.9 Å².